The summed E-state index contributed by atoms with van der Waals surface area (Å²) in [6, 6.07) is 9.55. The second kappa shape index (κ2) is 9.49. The summed E-state index contributed by atoms with van der Waals surface area (Å²) in [6.07, 6.45) is 5.98. The van der Waals surface area contributed by atoms with Crippen LogP contribution >= 0.6 is 11.6 Å². The van der Waals surface area contributed by atoms with E-state index in [0.717, 1.165) is 33.9 Å². The molecular formula is C25H27ClF2N4. The van der Waals surface area contributed by atoms with Crippen molar-refractivity contribution in [3.05, 3.63) is 71.0 Å². The van der Waals surface area contributed by atoms with Gasteiger partial charge in [-0.05, 0) is 25.0 Å². The van der Waals surface area contributed by atoms with Crippen molar-refractivity contribution in [3.8, 4) is 11.1 Å². The van der Waals surface area contributed by atoms with E-state index in [4.69, 9.17) is 11.6 Å². The molecule has 1 aromatic carbocycles. The number of nitrogens with zero attached hydrogens (tertiary/aromatic N) is 3. The van der Waals surface area contributed by atoms with E-state index >= 15 is 0 Å². The molecule has 1 aliphatic rings. The molecule has 168 valence electrons. The standard InChI is InChI=1S/C25H27ClF2N4/c1-16(2)24-31-14-17(15-32-24)13-30-23-20(19-5-3-4-6-21(19)26)9-12-29-22(23)18-7-10-25(27,28)11-8-18/h3-6,9,12,14-16,18,30H,7-8,10-11,13H2,1-2H3. The SMILES string of the molecule is CC(C)c1ncc(CNc2c(-c3ccccc3Cl)ccnc2C2CCC(F)(F)CC2)cn1. The van der Waals surface area contributed by atoms with Gasteiger partial charge in [-0.1, -0.05) is 43.6 Å². The molecule has 2 heterocycles. The molecule has 0 aliphatic heterocycles. The third-order valence-electron chi connectivity index (χ3n) is 5.96. The molecule has 2 aromatic heterocycles. The Labute approximate surface area is 192 Å². The van der Waals surface area contributed by atoms with Crippen LogP contribution in [-0.2, 0) is 6.54 Å². The molecule has 0 radical (unpaired) electrons. The minimum absolute atomic E-state index is 0.0286. The summed E-state index contributed by atoms with van der Waals surface area (Å²) in [4.78, 5) is 13.5. The zero-order valence-electron chi connectivity index (χ0n) is 18.3. The number of hydrogen-bond acceptors (Lipinski definition) is 4. The summed E-state index contributed by atoms with van der Waals surface area (Å²) in [6.45, 7) is 4.61. The van der Waals surface area contributed by atoms with Crippen LogP contribution in [0.1, 0.15) is 68.4 Å². The van der Waals surface area contributed by atoms with Crippen molar-refractivity contribution in [2.45, 2.75) is 63.8 Å². The molecule has 0 spiro atoms. The summed E-state index contributed by atoms with van der Waals surface area (Å²) in [7, 11) is 0. The molecule has 0 saturated heterocycles. The number of benzene rings is 1. The highest BCUT2D eigenvalue weighted by Crippen LogP contribution is 2.44. The lowest BCUT2D eigenvalue weighted by atomic mass is 9.83. The fraction of sp³-hybridized carbons (Fsp3) is 0.400. The average Bonchev–Trinajstić information content (AvgIpc) is 2.78. The van der Waals surface area contributed by atoms with Crippen molar-refractivity contribution in [1.29, 1.82) is 0 Å². The Kier molecular flexibility index (Phi) is 6.70. The van der Waals surface area contributed by atoms with Gasteiger partial charge in [0.05, 0.1) is 11.4 Å². The Morgan fingerprint density at radius 2 is 1.72 bits per heavy atom. The monoisotopic (exact) mass is 456 g/mol. The fourth-order valence-corrected chi connectivity index (χ4v) is 4.37. The van der Waals surface area contributed by atoms with E-state index in [0.29, 0.717) is 24.4 Å². The number of hydrogen-bond donors (Lipinski definition) is 1. The number of pyridine rings is 1. The number of rotatable bonds is 6. The maximum Gasteiger partial charge on any atom is 0.248 e. The molecule has 4 rings (SSSR count). The van der Waals surface area contributed by atoms with E-state index in [9.17, 15) is 8.78 Å². The van der Waals surface area contributed by atoms with Gasteiger partial charge in [0.15, 0.2) is 0 Å². The third kappa shape index (κ3) is 5.07. The van der Waals surface area contributed by atoms with E-state index < -0.39 is 5.92 Å². The van der Waals surface area contributed by atoms with Crippen LogP contribution in [0.2, 0.25) is 5.02 Å². The number of anilines is 1. The first kappa shape index (κ1) is 22.6. The van der Waals surface area contributed by atoms with Crippen molar-refractivity contribution in [2.24, 2.45) is 0 Å². The lowest BCUT2D eigenvalue weighted by Crippen LogP contribution is -2.24. The average molecular weight is 457 g/mol. The molecule has 0 bridgehead atoms. The maximum atomic E-state index is 13.8. The van der Waals surface area contributed by atoms with Gasteiger partial charge in [0.1, 0.15) is 5.82 Å². The van der Waals surface area contributed by atoms with Gasteiger partial charge < -0.3 is 5.32 Å². The van der Waals surface area contributed by atoms with Gasteiger partial charge in [0.2, 0.25) is 5.92 Å². The lowest BCUT2D eigenvalue weighted by Gasteiger charge is -2.30. The van der Waals surface area contributed by atoms with E-state index in [1.807, 2.05) is 42.7 Å². The maximum absolute atomic E-state index is 13.8. The van der Waals surface area contributed by atoms with Crippen molar-refractivity contribution in [3.63, 3.8) is 0 Å². The molecular weight excluding hydrogens is 430 g/mol. The van der Waals surface area contributed by atoms with Gasteiger partial charge in [-0.3, -0.25) is 4.98 Å². The molecule has 1 fully saturated rings. The highest BCUT2D eigenvalue weighted by Gasteiger charge is 2.36. The molecule has 32 heavy (non-hydrogen) atoms. The van der Waals surface area contributed by atoms with Crippen LogP contribution in [0.4, 0.5) is 14.5 Å². The van der Waals surface area contributed by atoms with Crippen LogP contribution in [-0.4, -0.2) is 20.9 Å². The van der Waals surface area contributed by atoms with Crippen LogP contribution in [0.15, 0.2) is 48.9 Å². The Balaban J connectivity index is 1.68. The number of aromatic nitrogens is 3. The predicted molar refractivity (Wildman–Crippen MR) is 124 cm³/mol. The van der Waals surface area contributed by atoms with Gasteiger partial charge >= 0.3 is 0 Å². The largest absolute Gasteiger partial charge is 0.379 e. The highest BCUT2D eigenvalue weighted by molar-refractivity contribution is 6.33. The van der Waals surface area contributed by atoms with Gasteiger partial charge in [-0.2, -0.15) is 0 Å². The highest BCUT2D eigenvalue weighted by atomic mass is 35.5. The second-order valence-electron chi connectivity index (χ2n) is 8.69. The fourth-order valence-electron chi connectivity index (χ4n) is 4.14. The molecule has 3 aromatic rings. The first-order valence-electron chi connectivity index (χ1n) is 11.0. The third-order valence-corrected chi connectivity index (χ3v) is 6.29. The Morgan fingerprint density at radius 1 is 1.03 bits per heavy atom. The van der Waals surface area contributed by atoms with Crippen LogP contribution in [0, 0.1) is 0 Å². The molecule has 1 aliphatic carbocycles. The zero-order chi connectivity index (χ0) is 22.7. The van der Waals surface area contributed by atoms with Crippen LogP contribution in [0.5, 0.6) is 0 Å². The molecule has 1 saturated carbocycles. The first-order chi connectivity index (χ1) is 15.3. The summed E-state index contributed by atoms with van der Waals surface area (Å²) in [5, 5.41) is 4.13. The number of halogens is 3. The molecule has 0 amide bonds. The van der Waals surface area contributed by atoms with Crippen LogP contribution in [0.3, 0.4) is 0 Å². The van der Waals surface area contributed by atoms with Crippen LogP contribution in [0.25, 0.3) is 11.1 Å². The second-order valence-corrected chi connectivity index (χ2v) is 9.09. The van der Waals surface area contributed by atoms with Crippen molar-refractivity contribution in [2.75, 3.05) is 5.32 Å². The Hall–Kier alpha value is -2.60. The predicted octanol–water partition coefficient (Wildman–Crippen LogP) is 7.22. The van der Waals surface area contributed by atoms with Crippen molar-refractivity contribution < 1.29 is 8.78 Å². The summed E-state index contributed by atoms with van der Waals surface area (Å²) >= 11 is 6.50. The minimum Gasteiger partial charge on any atom is -0.379 e. The molecule has 4 nitrogen and oxygen atoms in total. The van der Waals surface area contributed by atoms with E-state index in [-0.39, 0.29) is 24.7 Å². The normalized spacial score (nSPS) is 16.3. The molecule has 0 unspecified atom stereocenters. The van der Waals surface area contributed by atoms with Gasteiger partial charge in [-0.25, -0.2) is 18.7 Å². The minimum atomic E-state index is -2.58. The van der Waals surface area contributed by atoms with Crippen LogP contribution < -0.4 is 5.32 Å². The summed E-state index contributed by atoms with van der Waals surface area (Å²) < 4.78 is 27.6. The van der Waals surface area contributed by atoms with Crippen molar-refractivity contribution in [1.82, 2.24) is 15.0 Å². The summed E-state index contributed by atoms with van der Waals surface area (Å²) in [5.74, 6) is -1.55. The van der Waals surface area contributed by atoms with E-state index in [1.165, 1.54) is 0 Å². The Morgan fingerprint density at radius 3 is 2.38 bits per heavy atom. The zero-order valence-corrected chi connectivity index (χ0v) is 19.0. The molecule has 7 heteroatoms. The molecule has 1 N–H and O–H groups in total. The lowest BCUT2D eigenvalue weighted by molar-refractivity contribution is -0.0384. The quantitative estimate of drug-likeness (QED) is 0.425. The van der Waals surface area contributed by atoms with E-state index in [1.54, 1.807) is 6.20 Å². The first-order valence-corrected chi connectivity index (χ1v) is 11.4. The van der Waals surface area contributed by atoms with Crippen molar-refractivity contribution >= 4 is 17.3 Å². The smallest absolute Gasteiger partial charge is 0.248 e. The topological polar surface area (TPSA) is 50.7 Å². The molecule has 0 atom stereocenters. The Bertz CT molecular complexity index is 1060. The van der Waals surface area contributed by atoms with Gasteiger partial charge in [-0.15, -0.1) is 0 Å². The van der Waals surface area contributed by atoms with Gasteiger partial charge in [0.25, 0.3) is 0 Å². The summed E-state index contributed by atoms with van der Waals surface area (Å²) in [5.41, 5.74) is 4.39. The van der Waals surface area contributed by atoms with Gasteiger partial charge in [0, 0.05) is 71.5 Å². The number of alkyl halides is 2. The number of nitrogens with one attached hydrogen (secondary N) is 1. The van der Waals surface area contributed by atoms with E-state index in [2.05, 4.69) is 34.1 Å².